The van der Waals surface area contributed by atoms with Crippen LogP contribution in [-0.2, 0) is 0 Å². The molecule has 0 unspecified atom stereocenters. The fraction of sp³-hybridized carbons (Fsp3) is 0.143. The van der Waals surface area contributed by atoms with Gasteiger partial charge in [0, 0.05) is 0 Å². The molecule has 102 valence electrons. The summed E-state index contributed by atoms with van der Waals surface area (Å²) in [5.74, 6) is -2.98. The zero-order chi connectivity index (χ0) is 14.2. The monoisotopic (exact) mass is 381 g/mol. The van der Waals surface area contributed by atoms with Crippen molar-refractivity contribution < 1.29 is 38.8 Å². The van der Waals surface area contributed by atoms with Gasteiger partial charge in [-0.1, -0.05) is 0 Å². The van der Waals surface area contributed by atoms with E-state index < -0.39 is 44.5 Å². The molecule has 0 aromatic heterocycles. The normalized spacial score (nSPS) is 11.1. The second-order valence-electron chi connectivity index (χ2n) is 4.18. The summed E-state index contributed by atoms with van der Waals surface area (Å²) in [7, 11) is 0. The van der Waals surface area contributed by atoms with Crippen LogP contribution in [0.15, 0.2) is 24.3 Å². The fourth-order valence-electron chi connectivity index (χ4n) is 1.64. The third-order valence-electron chi connectivity index (χ3n) is 2.45. The van der Waals surface area contributed by atoms with Crippen LogP contribution >= 0.6 is 0 Å². The Bertz CT molecular complexity index is 536. The standard InChI is InChI=1S/C14H10F4I/c1-7-3-9(15)13(10(16)4-7)19-14-11(17)5-8(2)6-12(14)18/h3-6H,1-2H3/q-1. The zero-order valence-corrected chi connectivity index (χ0v) is 12.4. The molecule has 0 atom stereocenters. The molecule has 0 aliphatic heterocycles. The molecule has 0 saturated heterocycles. The second-order valence-corrected chi connectivity index (χ2v) is 6.88. The van der Waals surface area contributed by atoms with Crippen LogP contribution in [0.1, 0.15) is 11.1 Å². The number of hydrogen-bond donors (Lipinski definition) is 0. The van der Waals surface area contributed by atoms with E-state index in [-0.39, 0.29) is 7.14 Å². The second kappa shape index (κ2) is 5.48. The molecule has 0 heterocycles. The van der Waals surface area contributed by atoms with E-state index in [2.05, 4.69) is 0 Å². The van der Waals surface area contributed by atoms with Crippen LogP contribution in [0.3, 0.4) is 0 Å². The molecule has 2 aromatic carbocycles. The first-order chi connectivity index (χ1) is 8.88. The van der Waals surface area contributed by atoms with Crippen LogP contribution in [0.2, 0.25) is 0 Å². The number of benzene rings is 2. The molecule has 0 N–H and O–H groups in total. The van der Waals surface area contributed by atoms with E-state index in [1.54, 1.807) is 13.8 Å². The first-order valence-electron chi connectivity index (χ1n) is 5.44. The van der Waals surface area contributed by atoms with Crippen molar-refractivity contribution >= 4 is 0 Å². The summed E-state index contributed by atoms with van der Waals surface area (Å²) in [6, 6.07) is 4.68. The van der Waals surface area contributed by atoms with Gasteiger partial charge >= 0.3 is 118 Å². The molecule has 0 radical (unpaired) electrons. The Labute approximate surface area is 118 Å². The van der Waals surface area contributed by atoms with Crippen molar-refractivity contribution in [2.45, 2.75) is 13.8 Å². The molecule has 0 spiro atoms. The van der Waals surface area contributed by atoms with Crippen molar-refractivity contribution in [3.05, 3.63) is 65.8 Å². The fourth-order valence-corrected chi connectivity index (χ4v) is 3.83. The number of hydrogen-bond acceptors (Lipinski definition) is 0. The van der Waals surface area contributed by atoms with Crippen molar-refractivity contribution in [1.29, 1.82) is 0 Å². The van der Waals surface area contributed by atoms with Crippen molar-refractivity contribution in [1.82, 2.24) is 0 Å². The molecule has 0 aliphatic rings. The topological polar surface area (TPSA) is 0 Å². The van der Waals surface area contributed by atoms with E-state index in [0.717, 1.165) is 0 Å². The van der Waals surface area contributed by atoms with Gasteiger partial charge in [-0.05, 0) is 0 Å². The third-order valence-corrected chi connectivity index (χ3v) is 5.59. The Morgan fingerprint density at radius 1 is 0.632 bits per heavy atom. The Balaban J connectivity index is 2.48. The maximum atomic E-state index is 13.7. The summed E-state index contributed by atoms with van der Waals surface area (Å²) in [5.41, 5.74) is 0.875. The number of aryl methyl sites for hydroxylation is 2. The van der Waals surface area contributed by atoms with Crippen LogP contribution in [0, 0.1) is 44.3 Å². The van der Waals surface area contributed by atoms with Crippen LogP contribution in [0.5, 0.6) is 0 Å². The molecule has 0 fully saturated rings. The predicted octanol–water partition coefficient (Wildman–Crippen LogP) is 0.988. The minimum atomic E-state index is -1.58. The first-order valence-corrected chi connectivity index (χ1v) is 7.60. The van der Waals surface area contributed by atoms with Gasteiger partial charge in [-0.25, -0.2) is 0 Å². The van der Waals surface area contributed by atoms with Crippen LogP contribution in [0.4, 0.5) is 17.6 Å². The van der Waals surface area contributed by atoms with Crippen molar-refractivity contribution in [2.75, 3.05) is 0 Å². The average Bonchev–Trinajstić information content (AvgIpc) is 2.25. The molecule has 0 nitrogen and oxygen atoms in total. The molecule has 0 aliphatic carbocycles. The summed E-state index contributed by atoms with van der Waals surface area (Å²) >= 11 is -1.58. The SMILES string of the molecule is Cc1cc(F)c([I-]c2c(F)cc(C)cc2F)c(F)c1. The van der Waals surface area contributed by atoms with Gasteiger partial charge in [-0.2, -0.15) is 0 Å². The molecule has 0 amide bonds. The zero-order valence-electron chi connectivity index (χ0n) is 10.2. The van der Waals surface area contributed by atoms with Crippen LogP contribution in [-0.4, -0.2) is 0 Å². The molecule has 0 saturated carbocycles. The van der Waals surface area contributed by atoms with Gasteiger partial charge in [-0.3, -0.25) is 0 Å². The van der Waals surface area contributed by atoms with E-state index in [1.165, 1.54) is 24.3 Å². The summed E-state index contributed by atoms with van der Waals surface area (Å²) in [6.07, 6.45) is 0. The van der Waals surface area contributed by atoms with E-state index in [4.69, 9.17) is 0 Å². The van der Waals surface area contributed by atoms with Gasteiger partial charge in [0.2, 0.25) is 0 Å². The Morgan fingerprint density at radius 3 is 1.16 bits per heavy atom. The van der Waals surface area contributed by atoms with E-state index in [9.17, 15) is 17.6 Å². The molecular weight excluding hydrogens is 371 g/mol. The van der Waals surface area contributed by atoms with Crippen molar-refractivity contribution in [3.8, 4) is 0 Å². The van der Waals surface area contributed by atoms with Gasteiger partial charge in [0.05, 0.1) is 0 Å². The number of halogens is 5. The molecular formula is C14H10F4I-. The van der Waals surface area contributed by atoms with Crippen LogP contribution in [0.25, 0.3) is 0 Å². The van der Waals surface area contributed by atoms with E-state index in [0.29, 0.717) is 11.1 Å². The van der Waals surface area contributed by atoms with Gasteiger partial charge in [-0.15, -0.1) is 0 Å². The summed E-state index contributed by atoms with van der Waals surface area (Å²) in [6.45, 7) is 3.11. The van der Waals surface area contributed by atoms with Gasteiger partial charge in [0.1, 0.15) is 0 Å². The molecule has 2 aromatic rings. The van der Waals surface area contributed by atoms with E-state index >= 15 is 0 Å². The number of rotatable bonds is 2. The summed E-state index contributed by atoms with van der Waals surface area (Å²) in [4.78, 5) is 0. The van der Waals surface area contributed by atoms with Crippen molar-refractivity contribution in [2.24, 2.45) is 0 Å². The van der Waals surface area contributed by atoms with Gasteiger partial charge in [0.25, 0.3) is 0 Å². The summed E-state index contributed by atoms with van der Waals surface area (Å²) < 4.78 is 54.3. The molecule has 2 rings (SSSR count). The summed E-state index contributed by atoms with van der Waals surface area (Å²) in [5, 5.41) is 0. The minimum absolute atomic E-state index is 0.217. The molecule has 0 bridgehead atoms. The predicted molar refractivity (Wildman–Crippen MR) is 59.6 cm³/mol. The molecule has 19 heavy (non-hydrogen) atoms. The average molecular weight is 381 g/mol. The molecule has 5 heteroatoms. The van der Waals surface area contributed by atoms with Crippen molar-refractivity contribution in [3.63, 3.8) is 0 Å². The van der Waals surface area contributed by atoms with Gasteiger partial charge < -0.3 is 0 Å². The Hall–Kier alpha value is -1.11. The Morgan fingerprint density at radius 2 is 0.895 bits per heavy atom. The first kappa shape index (κ1) is 14.3. The third kappa shape index (κ3) is 3.08. The quantitative estimate of drug-likeness (QED) is 0.414. The van der Waals surface area contributed by atoms with E-state index in [1.807, 2.05) is 0 Å². The van der Waals surface area contributed by atoms with Crippen LogP contribution < -0.4 is 21.2 Å². The maximum absolute atomic E-state index is 13.7. The Kier molecular flexibility index (Phi) is 4.13. The van der Waals surface area contributed by atoms with Gasteiger partial charge in [0.15, 0.2) is 0 Å².